The first kappa shape index (κ1) is 14.7. The number of aromatic nitrogens is 5. The van der Waals surface area contributed by atoms with Gasteiger partial charge < -0.3 is 10.4 Å². The van der Waals surface area contributed by atoms with Crippen molar-refractivity contribution in [3.63, 3.8) is 0 Å². The molecule has 120 valence electrons. The van der Waals surface area contributed by atoms with Crippen molar-refractivity contribution in [2.45, 2.75) is 13.2 Å². The van der Waals surface area contributed by atoms with Gasteiger partial charge in [0.1, 0.15) is 17.2 Å². The quantitative estimate of drug-likeness (QED) is 0.581. The van der Waals surface area contributed by atoms with Gasteiger partial charge in [0, 0.05) is 17.0 Å². The Morgan fingerprint density at radius 3 is 2.83 bits per heavy atom. The largest absolute Gasteiger partial charge is 0.390 e. The van der Waals surface area contributed by atoms with E-state index in [0.29, 0.717) is 18.0 Å². The summed E-state index contributed by atoms with van der Waals surface area (Å²) in [5, 5.41) is 19.4. The zero-order chi connectivity index (χ0) is 16.4. The van der Waals surface area contributed by atoms with E-state index in [9.17, 15) is 0 Å². The van der Waals surface area contributed by atoms with Crippen molar-refractivity contribution in [2.24, 2.45) is 0 Å². The van der Waals surface area contributed by atoms with Crippen LogP contribution in [0.15, 0.2) is 48.1 Å². The summed E-state index contributed by atoms with van der Waals surface area (Å²) in [6.45, 7) is 0.495. The molecule has 0 fully saturated rings. The molecule has 0 amide bonds. The Labute approximate surface area is 141 Å². The Balaban J connectivity index is 1.67. The molecule has 0 radical (unpaired) electrons. The molecule has 0 saturated carbocycles. The smallest absolute Gasteiger partial charge is 0.254 e. The van der Waals surface area contributed by atoms with Crippen LogP contribution >= 0.6 is 11.3 Å². The molecule has 0 saturated heterocycles. The zero-order valence-corrected chi connectivity index (χ0v) is 13.4. The first-order valence-corrected chi connectivity index (χ1v) is 8.25. The van der Waals surface area contributed by atoms with Crippen molar-refractivity contribution in [3.8, 4) is 11.3 Å². The molecule has 0 bridgehead atoms. The summed E-state index contributed by atoms with van der Waals surface area (Å²) < 4.78 is 1.66. The topological polar surface area (TPSA) is 88.2 Å². The van der Waals surface area contributed by atoms with E-state index in [2.05, 4.69) is 25.4 Å². The fourth-order valence-electron chi connectivity index (χ4n) is 2.36. The average molecular weight is 338 g/mol. The Morgan fingerprint density at radius 2 is 2.04 bits per heavy atom. The van der Waals surface area contributed by atoms with Crippen molar-refractivity contribution >= 4 is 22.9 Å². The fourth-order valence-corrected chi connectivity index (χ4v) is 3.09. The number of aliphatic hydroxyl groups excluding tert-OH is 1. The third-order valence-electron chi connectivity index (χ3n) is 3.50. The molecule has 1 aromatic carbocycles. The summed E-state index contributed by atoms with van der Waals surface area (Å²) >= 11 is 1.51. The van der Waals surface area contributed by atoms with E-state index in [1.54, 1.807) is 4.52 Å². The van der Waals surface area contributed by atoms with Gasteiger partial charge in [-0.3, -0.25) is 0 Å². The molecule has 3 aromatic heterocycles. The van der Waals surface area contributed by atoms with Gasteiger partial charge in [-0.15, -0.1) is 11.3 Å². The van der Waals surface area contributed by atoms with Crippen molar-refractivity contribution in [1.82, 2.24) is 24.6 Å². The van der Waals surface area contributed by atoms with Gasteiger partial charge in [-0.1, -0.05) is 30.3 Å². The van der Waals surface area contributed by atoms with Gasteiger partial charge in [0.25, 0.3) is 5.78 Å². The van der Waals surface area contributed by atoms with Crippen molar-refractivity contribution in [1.29, 1.82) is 0 Å². The normalized spacial score (nSPS) is 11.0. The number of nitrogens with one attached hydrogen (secondary N) is 1. The SMILES string of the molecule is OCc1csc(CNc2cc(-c3ccccc3)nc3ncnn23)n1. The van der Waals surface area contributed by atoms with Gasteiger partial charge in [0.2, 0.25) is 0 Å². The highest BCUT2D eigenvalue weighted by atomic mass is 32.1. The third-order valence-corrected chi connectivity index (χ3v) is 4.40. The number of rotatable bonds is 5. The third kappa shape index (κ3) is 2.84. The second-order valence-corrected chi connectivity index (χ2v) is 6.05. The van der Waals surface area contributed by atoms with Crippen LogP contribution in [-0.2, 0) is 13.2 Å². The van der Waals surface area contributed by atoms with Crippen LogP contribution in [0, 0.1) is 0 Å². The Morgan fingerprint density at radius 1 is 1.17 bits per heavy atom. The zero-order valence-electron chi connectivity index (χ0n) is 12.6. The fraction of sp³-hybridized carbons (Fsp3) is 0.125. The van der Waals surface area contributed by atoms with Gasteiger partial charge in [-0.25, -0.2) is 9.97 Å². The summed E-state index contributed by atoms with van der Waals surface area (Å²) in [5.74, 6) is 1.33. The van der Waals surface area contributed by atoms with E-state index >= 15 is 0 Å². The molecule has 0 atom stereocenters. The van der Waals surface area contributed by atoms with Gasteiger partial charge in [-0.05, 0) is 0 Å². The first-order chi connectivity index (χ1) is 11.8. The highest BCUT2D eigenvalue weighted by molar-refractivity contribution is 7.09. The predicted molar refractivity (Wildman–Crippen MR) is 91.6 cm³/mol. The number of aliphatic hydroxyl groups is 1. The number of hydrogen-bond acceptors (Lipinski definition) is 7. The van der Waals surface area contributed by atoms with Crippen LogP contribution < -0.4 is 5.32 Å². The van der Waals surface area contributed by atoms with E-state index in [0.717, 1.165) is 22.1 Å². The minimum absolute atomic E-state index is 0.0444. The highest BCUT2D eigenvalue weighted by Gasteiger charge is 2.10. The number of benzene rings is 1. The van der Waals surface area contributed by atoms with Crippen LogP contribution in [0.2, 0.25) is 0 Å². The molecule has 4 aromatic rings. The van der Waals surface area contributed by atoms with Gasteiger partial charge in [0.05, 0.1) is 24.5 Å². The summed E-state index contributed by atoms with van der Waals surface area (Å²) in [6.07, 6.45) is 1.48. The molecule has 24 heavy (non-hydrogen) atoms. The summed E-state index contributed by atoms with van der Waals surface area (Å²) in [4.78, 5) is 13.1. The lowest BCUT2D eigenvalue weighted by Gasteiger charge is -2.09. The van der Waals surface area contributed by atoms with E-state index < -0.39 is 0 Å². The summed E-state index contributed by atoms with van der Waals surface area (Å²) in [7, 11) is 0. The molecule has 0 aliphatic rings. The van der Waals surface area contributed by atoms with Gasteiger partial charge >= 0.3 is 0 Å². The number of anilines is 1. The standard InChI is InChI=1S/C16H14N6OS/c23-8-12-9-24-15(20-12)7-17-14-6-13(11-4-2-1-3-5-11)21-16-18-10-19-22(14)16/h1-6,9-10,17,23H,7-8H2. The molecule has 0 unspecified atom stereocenters. The Hall–Kier alpha value is -2.84. The van der Waals surface area contributed by atoms with E-state index in [-0.39, 0.29) is 6.61 Å². The van der Waals surface area contributed by atoms with E-state index in [1.165, 1.54) is 17.7 Å². The lowest BCUT2D eigenvalue weighted by Crippen LogP contribution is -2.07. The summed E-state index contributed by atoms with van der Waals surface area (Å²) in [5.41, 5.74) is 2.53. The predicted octanol–water partition coefficient (Wildman–Crippen LogP) is 2.35. The van der Waals surface area contributed by atoms with Crippen LogP contribution in [0.25, 0.3) is 17.0 Å². The minimum Gasteiger partial charge on any atom is -0.390 e. The molecule has 0 spiro atoms. The molecule has 0 aliphatic heterocycles. The van der Waals surface area contributed by atoms with E-state index in [4.69, 9.17) is 5.11 Å². The second-order valence-electron chi connectivity index (χ2n) is 5.11. The van der Waals surface area contributed by atoms with Crippen LogP contribution in [0.3, 0.4) is 0 Å². The molecule has 8 heteroatoms. The van der Waals surface area contributed by atoms with Gasteiger partial charge in [0.15, 0.2) is 0 Å². The monoisotopic (exact) mass is 338 g/mol. The van der Waals surface area contributed by atoms with Crippen LogP contribution in [-0.4, -0.2) is 29.7 Å². The van der Waals surface area contributed by atoms with E-state index in [1.807, 2.05) is 41.8 Å². The van der Waals surface area contributed by atoms with Crippen LogP contribution in [0.5, 0.6) is 0 Å². The maximum Gasteiger partial charge on any atom is 0.254 e. The summed E-state index contributed by atoms with van der Waals surface area (Å²) in [6, 6.07) is 11.9. The molecule has 2 N–H and O–H groups in total. The second kappa shape index (κ2) is 6.34. The average Bonchev–Trinajstić information content (AvgIpc) is 3.29. The first-order valence-electron chi connectivity index (χ1n) is 7.38. The molecular weight excluding hydrogens is 324 g/mol. The Bertz CT molecular complexity index is 965. The number of thiazole rings is 1. The number of hydrogen-bond donors (Lipinski definition) is 2. The molecule has 4 rings (SSSR count). The van der Waals surface area contributed by atoms with Crippen molar-refractivity contribution < 1.29 is 5.11 Å². The lowest BCUT2D eigenvalue weighted by molar-refractivity contribution is 0.277. The van der Waals surface area contributed by atoms with Crippen LogP contribution in [0.4, 0.5) is 5.82 Å². The van der Waals surface area contributed by atoms with Crippen molar-refractivity contribution in [2.75, 3.05) is 5.32 Å². The number of nitrogens with zero attached hydrogens (tertiary/aromatic N) is 5. The highest BCUT2D eigenvalue weighted by Crippen LogP contribution is 2.22. The molecule has 7 nitrogen and oxygen atoms in total. The van der Waals surface area contributed by atoms with Crippen molar-refractivity contribution in [3.05, 3.63) is 58.8 Å². The lowest BCUT2D eigenvalue weighted by atomic mass is 10.1. The maximum atomic E-state index is 9.11. The van der Waals surface area contributed by atoms with Crippen LogP contribution in [0.1, 0.15) is 10.7 Å². The maximum absolute atomic E-state index is 9.11. The Kier molecular flexibility index (Phi) is 3.89. The molecular formula is C16H14N6OS. The van der Waals surface area contributed by atoms with Gasteiger partial charge in [-0.2, -0.15) is 14.6 Å². The molecule has 3 heterocycles. The minimum atomic E-state index is -0.0444. The molecule has 0 aliphatic carbocycles. The number of fused-ring (bicyclic) bond motifs is 1.